The van der Waals surface area contributed by atoms with Crippen LogP contribution in [0, 0.1) is 13.8 Å². The highest BCUT2D eigenvalue weighted by Crippen LogP contribution is 2.32. The van der Waals surface area contributed by atoms with Gasteiger partial charge in [-0.05, 0) is 44.0 Å². The van der Waals surface area contributed by atoms with Crippen molar-refractivity contribution in [3.8, 4) is 11.3 Å². The molecule has 4 rings (SSSR count). The lowest BCUT2D eigenvalue weighted by Crippen LogP contribution is -2.41. The average molecular weight is 516 g/mol. The van der Waals surface area contributed by atoms with Crippen LogP contribution in [0.15, 0.2) is 36.7 Å². The topological polar surface area (TPSA) is 105 Å². The molecule has 1 aromatic carbocycles. The fourth-order valence-corrected chi connectivity index (χ4v) is 3.86. The molecule has 1 atom stereocenters. The van der Waals surface area contributed by atoms with Crippen molar-refractivity contribution in [3.63, 3.8) is 0 Å². The van der Waals surface area contributed by atoms with E-state index < -0.39 is 11.7 Å². The normalized spacial score (nSPS) is 14.8. The number of nitrogens with zero attached hydrogens (tertiary/aromatic N) is 5. The number of nitrogens with one attached hydrogen (secondary N) is 2. The molecule has 1 aliphatic heterocycles. The van der Waals surface area contributed by atoms with Gasteiger partial charge in [0.05, 0.1) is 36.9 Å². The van der Waals surface area contributed by atoms with Crippen molar-refractivity contribution in [1.29, 1.82) is 0 Å². The van der Waals surface area contributed by atoms with E-state index in [9.17, 15) is 18.0 Å². The summed E-state index contributed by atoms with van der Waals surface area (Å²) >= 11 is 0. The third kappa shape index (κ3) is 6.31. The quantitative estimate of drug-likeness (QED) is 0.487. The molecule has 3 heterocycles. The molecule has 196 valence electrons. The van der Waals surface area contributed by atoms with Crippen LogP contribution >= 0.6 is 0 Å². The second-order valence-electron chi connectivity index (χ2n) is 8.84. The monoisotopic (exact) mass is 515 g/mol. The summed E-state index contributed by atoms with van der Waals surface area (Å²) in [7, 11) is 0. The van der Waals surface area contributed by atoms with Gasteiger partial charge in [0.15, 0.2) is 5.82 Å². The predicted octanol–water partition coefficient (Wildman–Crippen LogP) is 3.95. The second-order valence-corrected chi connectivity index (χ2v) is 8.84. The fraction of sp³-hybridized carbons (Fsp3) is 0.400. The maximum absolute atomic E-state index is 12.9. The van der Waals surface area contributed by atoms with Gasteiger partial charge in [0.2, 0.25) is 0 Å². The lowest BCUT2D eigenvalue weighted by molar-refractivity contribution is -0.137. The molecule has 37 heavy (non-hydrogen) atoms. The van der Waals surface area contributed by atoms with Gasteiger partial charge in [-0.3, -0.25) is 4.79 Å². The molecule has 0 saturated carbocycles. The van der Waals surface area contributed by atoms with Gasteiger partial charge in [0.25, 0.3) is 5.91 Å². The first kappa shape index (κ1) is 26.3. The largest absolute Gasteiger partial charge is 0.416 e. The summed E-state index contributed by atoms with van der Waals surface area (Å²) in [5.74, 6) is 0.949. The van der Waals surface area contributed by atoms with Crippen molar-refractivity contribution in [2.45, 2.75) is 33.0 Å². The van der Waals surface area contributed by atoms with Crippen LogP contribution in [-0.4, -0.2) is 69.9 Å². The zero-order chi connectivity index (χ0) is 26.6. The lowest BCUT2D eigenvalue weighted by atomic mass is 10.0. The summed E-state index contributed by atoms with van der Waals surface area (Å²) in [6.45, 7) is 8.30. The minimum atomic E-state index is -4.39. The summed E-state index contributed by atoms with van der Waals surface area (Å²) in [6.07, 6.45) is -1.40. The first-order valence-corrected chi connectivity index (χ1v) is 11.8. The first-order chi connectivity index (χ1) is 17.6. The van der Waals surface area contributed by atoms with Crippen LogP contribution in [0.25, 0.3) is 11.3 Å². The van der Waals surface area contributed by atoms with Crippen LogP contribution in [0.4, 0.5) is 24.8 Å². The van der Waals surface area contributed by atoms with Crippen molar-refractivity contribution in [2.24, 2.45) is 0 Å². The predicted molar refractivity (Wildman–Crippen MR) is 132 cm³/mol. The van der Waals surface area contributed by atoms with Crippen LogP contribution in [0.3, 0.4) is 0 Å². The number of aromatic nitrogens is 4. The Morgan fingerprint density at radius 2 is 1.76 bits per heavy atom. The number of ether oxygens (including phenoxy) is 1. The third-order valence-corrected chi connectivity index (χ3v) is 6.15. The Kier molecular flexibility index (Phi) is 7.86. The fourth-order valence-electron chi connectivity index (χ4n) is 3.86. The van der Waals surface area contributed by atoms with E-state index >= 15 is 0 Å². The van der Waals surface area contributed by atoms with E-state index in [1.807, 2.05) is 20.8 Å². The Labute approximate surface area is 212 Å². The zero-order valence-corrected chi connectivity index (χ0v) is 20.8. The summed E-state index contributed by atoms with van der Waals surface area (Å²) in [5.41, 5.74) is 2.35. The number of rotatable bonds is 7. The van der Waals surface area contributed by atoms with Gasteiger partial charge >= 0.3 is 6.18 Å². The van der Waals surface area contributed by atoms with Crippen molar-refractivity contribution >= 4 is 17.5 Å². The molecule has 1 saturated heterocycles. The number of anilines is 2. The third-order valence-electron chi connectivity index (χ3n) is 6.15. The Bertz CT molecular complexity index is 1230. The van der Waals surface area contributed by atoms with Gasteiger partial charge in [-0.15, -0.1) is 10.2 Å². The van der Waals surface area contributed by atoms with E-state index in [-0.39, 0.29) is 17.6 Å². The number of alkyl halides is 3. The number of morpholine rings is 1. The Morgan fingerprint density at radius 1 is 1.05 bits per heavy atom. The van der Waals surface area contributed by atoms with Crippen molar-refractivity contribution in [1.82, 2.24) is 25.1 Å². The van der Waals surface area contributed by atoms with Crippen molar-refractivity contribution in [3.05, 3.63) is 59.0 Å². The molecule has 0 spiro atoms. The van der Waals surface area contributed by atoms with Crippen LogP contribution < -0.4 is 10.6 Å². The van der Waals surface area contributed by atoms with Gasteiger partial charge in [-0.25, -0.2) is 9.97 Å². The second kappa shape index (κ2) is 11.1. The standard InChI is InChI=1S/C25H28F3N7O2/c1-15(32-21-14-29-20(13-30-21)24(36)35-8-10-37-11-9-35)12-31-23-17(3)16(2)22(33-34-23)18-4-6-19(7-5-18)25(26,27)28/h4-7,13-15H,8-12H2,1-3H3,(H,30,32)(H,31,34)/t15-/m1/s1. The number of carbonyl (C=O) groups excluding carboxylic acids is 1. The smallest absolute Gasteiger partial charge is 0.378 e. The molecule has 0 bridgehead atoms. The molecule has 9 nitrogen and oxygen atoms in total. The molecule has 1 aliphatic rings. The van der Waals surface area contributed by atoms with Crippen LogP contribution in [0.5, 0.6) is 0 Å². The van der Waals surface area contributed by atoms with Gasteiger partial charge in [0.1, 0.15) is 11.5 Å². The molecule has 2 N–H and O–H groups in total. The van der Waals surface area contributed by atoms with Gasteiger partial charge in [-0.1, -0.05) is 12.1 Å². The zero-order valence-electron chi connectivity index (χ0n) is 20.8. The number of benzene rings is 1. The van der Waals surface area contributed by atoms with Gasteiger partial charge in [-0.2, -0.15) is 13.2 Å². The SMILES string of the molecule is Cc1c(NC[C@@H](C)Nc2cnc(C(=O)N3CCOCC3)cn2)nnc(-c2ccc(C(F)(F)F)cc2)c1C. The minimum Gasteiger partial charge on any atom is -0.378 e. The van der Waals surface area contributed by atoms with Crippen LogP contribution in [-0.2, 0) is 10.9 Å². The Balaban J connectivity index is 1.34. The summed E-state index contributed by atoms with van der Waals surface area (Å²) < 4.78 is 43.8. The van der Waals surface area contributed by atoms with E-state index in [4.69, 9.17) is 4.74 Å². The van der Waals surface area contributed by atoms with Gasteiger partial charge < -0.3 is 20.3 Å². The number of halogens is 3. The highest BCUT2D eigenvalue weighted by molar-refractivity contribution is 5.92. The molecule has 0 radical (unpaired) electrons. The van der Waals surface area contributed by atoms with E-state index in [1.54, 1.807) is 4.90 Å². The van der Waals surface area contributed by atoms with Crippen LogP contribution in [0.2, 0.25) is 0 Å². The molecule has 1 amide bonds. The van der Waals surface area contributed by atoms with E-state index in [2.05, 4.69) is 30.8 Å². The number of amides is 1. The number of carbonyl (C=O) groups is 1. The van der Waals surface area contributed by atoms with Gasteiger partial charge in [0, 0.05) is 31.2 Å². The first-order valence-electron chi connectivity index (χ1n) is 11.8. The van der Waals surface area contributed by atoms with Crippen molar-refractivity contribution < 1.29 is 22.7 Å². The maximum Gasteiger partial charge on any atom is 0.416 e. The molecular formula is C25H28F3N7O2. The maximum atomic E-state index is 12.9. The molecule has 12 heteroatoms. The summed E-state index contributed by atoms with van der Waals surface area (Å²) in [6, 6.07) is 4.82. The molecule has 0 aliphatic carbocycles. The van der Waals surface area contributed by atoms with E-state index in [0.717, 1.165) is 23.3 Å². The highest BCUT2D eigenvalue weighted by atomic mass is 19.4. The lowest BCUT2D eigenvalue weighted by Gasteiger charge is -2.26. The highest BCUT2D eigenvalue weighted by Gasteiger charge is 2.30. The van der Waals surface area contributed by atoms with E-state index in [0.29, 0.717) is 55.7 Å². The summed E-state index contributed by atoms with van der Waals surface area (Å²) in [5, 5.41) is 15.0. The molecule has 3 aromatic rings. The van der Waals surface area contributed by atoms with E-state index in [1.165, 1.54) is 24.5 Å². The number of hydrogen-bond donors (Lipinski definition) is 2. The molecule has 1 fully saturated rings. The number of hydrogen-bond acceptors (Lipinski definition) is 8. The summed E-state index contributed by atoms with van der Waals surface area (Å²) in [4.78, 5) is 22.8. The average Bonchev–Trinajstić information content (AvgIpc) is 2.90. The molecule has 0 unspecified atom stereocenters. The Hall–Kier alpha value is -3.80. The van der Waals surface area contributed by atoms with Crippen molar-refractivity contribution in [2.75, 3.05) is 43.5 Å². The molecule has 2 aromatic heterocycles. The van der Waals surface area contributed by atoms with Crippen LogP contribution in [0.1, 0.15) is 34.1 Å². The molecular weight excluding hydrogens is 487 g/mol. The Morgan fingerprint density at radius 3 is 2.38 bits per heavy atom. The minimum absolute atomic E-state index is 0.0637.